The van der Waals surface area contributed by atoms with Gasteiger partial charge in [0, 0.05) is 4.90 Å². The molecule has 1 rings (SSSR count). The van der Waals surface area contributed by atoms with Gasteiger partial charge in [-0.2, -0.15) is 12.6 Å². The molecule has 4 heteroatoms. The average Bonchev–Trinajstić information content (AvgIpc) is 2.17. The summed E-state index contributed by atoms with van der Waals surface area (Å²) in [6.45, 7) is 0. The van der Waals surface area contributed by atoms with E-state index >= 15 is 0 Å². The summed E-state index contributed by atoms with van der Waals surface area (Å²) < 4.78 is 0. The van der Waals surface area contributed by atoms with E-state index in [1.54, 1.807) is 18.2 Å². The lowest BCUT2D eigenvalue weighted by molar-refractivity contribution is 0.0171. The Bertz CT molecular complexity index is 291. The van der Waals surface area contributed by atoms with E-state index in [0.29, 0.717) is 17.7 Å². The van der Waals surface area contributed by atoms with Crippen LogP contribution < -0.4 is 0 Å². The van der Waals surface area contributed by atoms with Gasteiger partial charge in [0.15, 0.2) is 0 Å². The van der Waals surface area contributed by atoms with Crippen LogP contribution in [0, 0.1) is 0 Å². The summed E-state index contributed by atoms with van der Waals surface area (Å²) in [5, 5.41) is 19.3. The first-order chi connectivity index (χ1) is 6.65. The summed E-state index contributed by atoms with van der Waals surface area (Å²) in [7, 11) is 0. The summed E-state index contributed by atoms with van der Waals surface area (Å²) >= 11 is 8.16. The van der Waals surface area contributed by atoms with Gasteiger partial charge >= 0.3 is 0 Å². The number of aliphatic hydroxyl groups excluding tert-OH is 2. The van der Waals surface area contributed by atoms with E-state index in [-0.39, 0.29) is 0 Å². The second-order valence-electron chi connectivity index (χ2n) is 3.12. The average molecular weight is 230 g/mol. The maximum Gasteiger partial charge on any atom is 0.105 e. The quantitative estimate of drug-likeness (QED) is 0.595. The van der Waals surface area contributed by atoms with E-state index in [1.807, 2.05) is 6.07 Å². The second kappa shape index (κ2) is 5.66. The summed E-state index contributed by atoms with van der Waals surface area (Å²) in [5.41, 5.74) is 0.687. The van der Waals surface area contributed by atoms with Crippen molar-refractivity contribution in [2.45, 2.75) is 23.5 Å². The maximum atomic E-state index is 9.73. The van der Waals surface area contributed by atoms with Gasteiger partial charge in [-0.3, -0.25) is 0 Å². The predicted molar refractivity (Wildman–Crippen MR) is 63.1 cm³/mol. The molecule has 1 aromatic carbocycles. The van der Waals surface area contributed by atoms with Crippen molar-refractivity contribution in [2.24, 2.45) is 0 Å². The molecule has 0 radical (unpaired) electrons. The van der Waals surface area contributed by atoms with Crippen molar-refractivity contribution in [3.05, 3.63) is 29.8 Å². The number of rotatable bonds is 4. The van der Waals surface area contributed by atoms with Crippen LogP contribution in [0.1, 0.15) is 18.1 Å². The highest BCUT2D eigenvalue weighted by atomic mass is 32.1. The smallest absolute Gasteiger partial charge is 0.105 e. The van der Waals surface area contributed by atoms with E-state index in [4.69, 9.17) is 0 Å². The fourth-order valence-electron chi connectivity index (χ4n) is 1.22. The minimum absolute atomic E-state index is 0.473. The van der Waals surface area contributed by atoms with Crippen LogP contribution in [0.5, 0.6) is 0 Å². The summed E-state index contributed by atoms with van der Waals surface area (Å²) in [5.74, 6) is 0.554. The third-order valence-corrected chi connectivity index (χ3v) is 2.54. The zero-order chi connectivity index (χ0) is 10.6. The lowest BCUT2D eigenvalue weighted by atomic mass is 10.0. The van der Waals surface area contributed by atoms with Crippen LogP contribution in [-0.2, 0) is 0 Å². The van der Waals surface area contributed by atoms with E-state index in [9.17, 15) is 10.2 Å². The van der Waals surface area contributed by atoms with Crippen molar-refractivity contribution >= 4 is 25.3 Å². The number of benzene rings is 1. The van der Waals surface area contributed by atoms with Crippen LogP contribution in [0.3, 0.4) is 0 Å². The fourth-order valence-corrected chi connectivity index (χ4v) is 1.72. The maximum absolute atomic E-state index is 9.73. The Morgan fingerprint density at radius 3 is 2.57 bits per heavy atom. The fraction of sp³-hybridized carbons (Fsp3) is 0.400. The molecule has 0 heterocycles. The minimum Gasteiger partial charge on any atom is -0.390 e. The van der Waals surface area contributed by atoms with Crippen molar-refractivity contribution in [2.75, 3.05) is 5.75 Å². The highest BCUT2D eigenvalue weighted by Crippen LogP contribution is 2.21. The van der Waals surface area contributed by atoms with Gasteiger partial charge in [0.25, 0.3) is 0 Å². The van der Waals surface area contributed by atoms with Gasteiger partial charge in [-0.25, -0.2) is 0 Å². The molecule has 1 aromatic rings. The molecule has 0 bridgehead atoms. The van der Waals surface area contributed by atoms with Gasteiger partial charge in [-0.05, 0) is 29.9 Å². The molecule has 0 saturated carbocycles. The lowest BCUT2D eigenvalue weighted by Gasteiger charge is -2.17. The minimum atomic E-state index is -0.853. The Kier molecular flexibility index (Phi) is 4.81. The summed E-state index contributed by atoms with van der Waals surface area (Å²) in [6.07, 6.45) is -1.14. The van der Waals surface area contributed by atoms with Crippen LogP contribution in [0.15, 0.2) is 29.2 Å². The number of hydrogen-bond donors (Lipinski definition) is 4. The first-order valence-electron chi connectivity index (χ1n) is 4.41. The SMILES string of the molecule is OC(CCS)C(O)c1cccc(S)c1. The van der Waals surface area contributed by atoms with E-state index in [2.05, 4.69) is 25.3 Å². The van der Waals surface area contributed by atoms with Crippen molar-refractivity contribution < 1.29 is 10.2 Å². The van der Waals surface area contributed by atoms with Crippen molar-refractivity contribution in [3.63, 3.8) is 0 Å². The summed E-state index contributed by atoms with van der Waals surface area (Å²) in [4.78, 5) is 0.777. The van der Waals surface area contributed by atoms with Crippen molar-refractivity contribution in [3.8, 4) is 0 Å². The zero-order valence-corrected chi connectivity index (χ0v) is 9.46. The van der Waals surface area contributed by atoms with Crippen molar-refractivity contribution in [1.82, 2.24) is 0 Å². The van der Waals surface area contributed by atoms with Gasteiger partial charge in [0.05, 0.1) is 6.10 Å². The number of thiol groups is 2. The van der Waals surface area contributed by atoms with Gasteiger partial charge in [0.2, 0.25) is 0 Å². The van der Waals surface area contributed by atoms with Gasteiger partial charge in [-0.15, -0.1) is 12.6 Å². The molecule has 2 atom stereocenters. The molecule has 0 fully saturated rings. The normalized spacial score (nSPS) is 15.1. The standard InChI is InChI=1S/C10H14O2S2/c11-9(4-5-13)10(12)7-2-1-3-8(14)6-7/h1-3,6,9-14H,4-5H2. The summed E-state index contributed by atoms with van der Waals surface area (Å²) in [6, 6.07) is 7.14. The Morgan fingerprint density at radius 1 is 1.29 bits per heavy atom. The Hall–Kier alpha value is -0.160. The molecule has 2 N–H and O–H groups in total. The molecule has 0 aliphatic heterocycles. The topological polar surface area (TPSA) is 40.5 Å². The first-order valence-corrected chi connectivity index (χ1v) is 5.49. The van der Waals surface area contributed by atoms with Crippen LogP contribution in [0.25, 0.3) is 0 Å². The lowest BCUT2D eigenvalue weighted by Crippen LogP contribution is -2.18. The molecule has 78 valence electrons. The molecule has 0 saturated heterocycles. The largest absolute Gasteiger partial charge is 0.390 e. The first kappa shape index (κ1) is 11.9. The molecule has 2 unspecified atom stereocenters. The molecule has 14 heavy (non-hydrogen) atoms. The molecule has 0 aliphatic rings. The molecule has 0 amide bonds. The van der Waals surface area contributed by atoms with E-state index in [1.165, 1.54) is 0 Å². The predicted octanol–water partition coefficient (Wildman–Crippen LogP) is 1.69. The Labute approximate surface area is 94.8 Å². The number of hydrogen-bond acceptors (Lipinski definition) is 4. The zero-order valence-electron chi connectivity index (χ0n) is 7.67. The monoisotopic (exact) mass is 230 g/mol. The second-order valence-corrected chi connectivity index (χ2v) is 4.08. The van der Waals surface area contributed by atoms with Crippen LogP contribution in [-0.4, -0.2) is 22.1 Å². The van der Waals surface area contributed by atoms with E-state index < -0.39 is 12.2 Å². The molecular weight excluding hydrogens is 216 g/mol. The molecule has 2 nitrogen and oxygen atoms in total. The Balaban J connectivity index is 2.73. The van der Waals surface area contributed by atoms with Gasteiger partial charge < -0.3 is 10.2 Å². The highest BCUT2D eigenvalue weighted by Gasteiger charge is 2.17. The van der Waals surface area contributed by atoms with Crippen LogP contribution >= 0.6 is 25.3 Å². The van der Waals surface area contributed by atoms with E-state index in [0.717, 1.165) is 4.90 Å². The van der Waals surface area contributed by atoms with Gasteiger partial charge in [-0.1, -0.05) is 12.1 Å². The molecule has 0 spiro atoms. The molecule has 0 aromatic heterocycles. The molecular formula is C10H14O2S2. The third-order valence-electron chi connectivity index (χ3n) is 2.00. The highest BCUT2D eigenvalue weighted by molar-refractivity contribution is 7.80. The van der Waals surface area contributed by atoms with Gasteiger partial charge in [0.1, 0.15) is 6.10 Å². The number of aliphatic hydroxyl groups is 2. The third kappa shape index (κ3) is 3.20. The molecule has 0 aliphatic carbocycles. The Morgan fingerprint density at radius 2 is 2.00 bits per heavy atom. The van der Waals surface area contributed by atoms with Crippen molar-refractivity contribution in [1.29, 1.82) is 0 Å². The van der Waals surface area contributed by atoms with Crippen LogP contribution in [0.2, 0.25) is 0 Å². The van der Waals surface area contributed by atoms with Crippen LogP contribution in [0.4, 0.5) is 0 Å².